The standard InChI is InChI=1S/C14H10F4O2/c15-8-4-5-13(11(17)6-8)20-7-12(19)9-2-1-3-10(16)14(9)18/h1-6,12,19H,7H2. The molecule has 2 nitrogen and oxygen atoms in total. The van der Waals surface area contributed by atoms with Crippen LogP contribution in [0.2, 0.25) is 0 Å². The van der Waals surface area contributed by atoms with E-state index in [1.807, 2.05) is 0 Å². The molecule has 0 aliphatic rings. The highest BCUT2D eigenvalue weighted by molar-refractivity contribution is 5.25. The quantitative estimate of drug-likeness (QED) is 0.873. The van der Waals surface area contributed by atoms with Crippen molar-refractivity contribution in [3.63, 3.8) is 0 Å². The van der Waals surface area contributed by atoms with E-state index >= 15 is 0 Å². The molecular weight excluding hydrogens is 276 g/mol. The maximum atomic E-state index is 13.4. The Balaban J connectivity index is 2.08. The molecule has 2 aromatic carbocycles. The number of hydrogen-bond acceptors (Lipinski definition) is 2. The number of hydrogen-bond donors (Lipinski definition) is 1. The van der Waals surface area contributed by atoms with Crippen molar-refractivity contribution < 1.29 is 27.4 Å². The molecule has 2 aromatic rings. The maximum Gasteiger partial charge on any atom is 0.167 e. The Morgan fingerprint density at radius 2 is 1.75 bits per heavy atom. The van der Waals surface area contributed by atoms with Crippen molar-refractivity contribution in [3.8, 4) is 5.75 Å². The minimum absolute atomic E-state index is 0.290. The molecule has 1 atom stereocenters. The van der Waals surface area contributed by atoms with Gasteiger partial charge >= 0.3 is 0 Å². The predicted octanol–water partition coefficient (Wildman–Crippen LogP) is 3.36. The van der Waals surface area contributed by atoms with Crippen LogP contribution in [0.25, 0.3) is 0 Å². The number of aliphatic hydroxyl groups is 1. The molecule has 2 rings (SSSR count). The summed E-state index contributed by atoms with van der Waals surface area (Å²) < 4.78 is 57.2. The average Bonchev–Trinajstić information content (AvgIpc) is 2.40. The lowest BCUT2D eigenvalue weighted by molar-refractivity contribution is 0.102. The van der Waals surface area contributed by atoms with Crippen LogP contribution in [0.5, 0.6) is 5.75 Å². The van der Waals surface area contributed by atoms with Crippen molar-refractivity contribution in [2.45, 2.75) is 6.10 Å². The molecule has 106 valence electrons. The molecule has 0 aliphatic heterocycles. The van der Waals surface area contributed by atoms with E-state index in [2.05, 4.69) is 0 Å². The zero-order valence-electron chi connectivity index (χ0n) is 10.1. The molecule has 20 heavy (non-hydrogen) atoms. The summed E-state index contributed by atoms with van der Waals surface area (Å²) in [7, 11) is 0. The molecule has 0 saturated heterocycles. The normalized spacial score (nSPS) is 12.2. The smallest absolute Gasteiger partial charge is 0.167 e. The van der Waals surface area contributed by atoms with Crippen LogP contribution in [0.3, 0.4) is 0 Å². The van der Waals surface area contributed by atoms with Gasteiger partial charge in [-0.25, -0.2) is 17.6 Å². The van der Waals surface area contributed by atoms with Gasteiger partial charge < -0.3 is 9.84 Å². The van der Waals surface area contributed by atoms with E-state index in [1.165, 1.54) is 12.1 Å². The Hall–Kier alpha value is -2.08. The van der Waals surface area contributed by atoms with Gasteiger partial charge in [-0.3, -0.25) is 0 Å². The first-order valence-corrected chi connectivity index (χ1v) is 5.69. The second kappa shape index (κ2) is 5.92. The van der Waals surface area contributed by atoms with Gasteiger partial charge in [-0.2, -0.15) is 0 Å². The van der Waals surface area contributed by atoms with Crippen LogP contribution < -0.4 is 4.74 Å². The Morgan fingerprint density at radius 3 is 2.45 bits per heavy atom. The van der Waals surface area contributed by atoms with Gasteiger partial charge in [-0.05, 0) is 18.2 Å². The lowest BCUT2D eigenvalue weighted by Gasteiger charge is -2.14. The van der Waals surface area contributed by atoms with Crippen molar-refractivity contribution in [1.29, 1.82) is 0 Å². The van der Waals surface area contributed by atoms with Crippen LogP contribution in [0.15, 0.2) is 36.4 Å². The minimum Gasteiger partial charge on any atom is -0.487 e. The molecule has 0 spiro atoms. The van der Waals surface area contributed by atoms with Gasteiger partial charge in [0, 0.05) is 11.6 Å². The van der Waals surface area contributed by atoms with E-state index < -0.39 is 36.0 Å². The first kappa shape index (κ1) is 14.3. The average molecular weight is 286 g/mol. The first-order valence-electron chi connectivity index (χ1n) is 5.69. The number of rotatable bonds is 4. The van der Waals surface area contributed by atoms with E-state index in [0.29, 0.717) is 6.07 Å². The lowest BCUT2D eigenvalue weighted by atomic mass is 10.1. The Kier molecular flexibility index (Phi) is 4.24. The molecule has 0 saturated carbocycles. The molecule has 0 radical (unpaired) electrons. The molecule has 1 N–H and O–H groups in total. The third-order valence-corrected chi connectivity index (χ3v) is 2.63. The van der Waals surface area contributed by atoms with Crippen LogP contribution in [0, 0.1) is 23.3 Å². The van der Waals surface area contributed by atoms with Crippen molar-refractivity contribution in [2.24, 2.45) is 0 Å². The van der Waals surface area contributed by atoms with Crippen molar-refractivity contribution >= 4 is 0 Å². The van der Waals surface area contributed by atoms with Crippen LogP contribution in [-0.4, -0.2) is 11.7 Å². The molecule has 0 heterocycles. The van der Waals surface area contributed by atoms with Crippen LogP contribution in [-0.2, 0) is 0 Å². The van der Waals surface area contributed by atoms with Gasteiger partial charge in [0.2, 0.25) is 0 Å². The molecule has 0 amide bonds. The SMILES string of the molecule is OC(COc1ccc(F)cc1F)c1cccc(F)c1F. The van der Waals surface area contributed by atoms with E-state index in [0.717, 1.165) is 18.2 Å². The van der Waals surface area contributed by atoms with Gasteiger partial charge in [0.1, 0.15) is 18.5 Å². The predicted molar refractivity (Wildman–Crippen MR) is 63.2 cm³/mol. The zero-order chi connectivity index (χ0) is 14.7. The van der Waals surface area contributed by atoms with E-state index in [-0.39, 0.29) is 11.3 Å². The summed E-state index contributed by atoms with van der Waals surface area (Å²) >= 11 is 0. The summed E-state index contributed by atoms with van der Waals surface area (Å²) in [4.78, 5) is 0. The Labute approximate surface area is 112 Å². The second-order valence-electron chi connectivity index (χ2n) is 4.04. The third-order valence-electron chi connectivity index (χ3n) is 2.63. The summed E-state index contributed by atoms with van der Waals surface area (Å²) in [6.07, 6.45) is -1.48. The van der Waals surface area contributed by atoms with Gasteiger partial charge in [-0.1, -0.05) is 12.1 Å². The number of halogens is 4. The molecular formula is C14H10F4O2. The fraction of sp³-hybridized carbons (Fsp3) is 0.143. The van der Waals surface area contributed by atoms with Gasteiger partial charge in [-0.15, -0.1) is 0 Å². The van der Waals surface area contributed by atoms with E-state index in [9.17, 15) is 22.7 Å². The summed E-state index contributed by atoms with van der Waals surface area (Å²) in [5.41, 5.74) is -0.299. The fourth-order valence-corrected chi connectivity index (χ4v) is 1.63. The zero-order valence-corrected chi connectivity index (χ0v) is 10.1. The van der Waals surface area contributed by atoms with E-state index in [1.54, 1.807) is 0 Å². The van der Waals surface area contributed by atoms with Gasteiger partial charge in [0.15, 0.2) is 23.2 Å². The summed E-state index contributed by atoms with van der Waals surface area (Å²) in [6.45, 7) is -0.497. The topological polar surface area (TPSA) is 29.5 Å². The second-order valence-corrected chi connectivity index (χ2v) is 4.04. The van der Waals surface area contributed by atoms with Gasteiger partial charge in [0.25, 0.3) is 0 Å². The molecule has 0 aromatic heterocycles. The third kappa shape index (κ3) is 3.08. The lowest BCUT2D eigenvalue weighted by Crippen LogP contribution is -2.12. The molecule has 0 bridgehead atoms. The fourth-order valence-electron chi connectivity index (χ4n) is 1.63. The Bertz CT molecular complexity index is 616. The molecule has 6 heteroatoms. The van der Waals surface area contributed by atoms with Crippen molar-refractivity contribution in [3.05, 3.63) is 65.2 Å². The number of ether oxygens (including phenoxy) is 1. The summed E-state index contributed by atoms with van der Waals surface area (Å²) in [5.74, 6) is -4.30. The Morgan fingerprint density at radius 1 is 1.00 bits per heavy atom. The van der Waals surface area contributed by atoms with Crippen LogP contribution in [0.1, 0.15) is 11.7 Å². The van der Waals surface area contributed by atoms with Crippen LogP contribution >= 0.6 is 0 Å². The molecule has 1 unspecified atom stereocenters. The van der Waals surface area contributed by atoms with Crippen LogP contribution in [0.4, 0.5) is 17.6 Å². The minimum atomic E-state index is -1.48. The highest BCUT2D eigenvalue weighted by atomic mass is 19.2. The molecule has 0 aliphatic carbocycles. The van der Waals surface area contributed by atoms with Gasteiger partial charge in [0.05, 0.1) is 0 Å². The molecule has 0 fully saturated rings. The largest absolute Gasteiger partial charge is 0.487 e. The maximum absolute atomic E-state index is 13.4. The highest BCUT2D eigenvalue weighted by Crippen LogP contribution is 2.22. The summed E-state index contributed by atoms with van der Waals surface area (Å²) in [5, 5.41) is 9.70. The monoisotopic (exact) mass is 286 g/mol. The van der Waals surface area contributed by atoms with E-state index in [4.69, 9.17) is 4.74 Å². The van der Waals surface area contributed by atoms with Crippen molar-refractivity contribution in [2.75, 3.05) is 6.61 Å². The number of benzene rings is 2. The van der Waals surface area contributed by atoms with Crippen molar-refractivity contribution in [1.82, 2.24) is 0 Å². The highest BCUT2D eigenvalue weighted by Gasteiger charge is 2.17. The first-order chi connectivity index (χ1) is 9.49. The summed E-state index contributed by atoms with van der Waals surface area (Å²) in [6, 6.07) is 5.96. The number of aliphatic hydroxyl groups excluding tert-OH is 1.